The molecule has 18 heavy (non-hydrogen) atoms. The average Bonchev–Trinajstić information content (AvgIpc) is 2.34. The summed E-state index contributed by atoms with van der Waals surface area (Å²) in [6.45, 7) is 0. The van der Waals surface area contributed by atoms with Gasteiger partial charge in [0.05, 0.1) is 9.50 Å². The third kappa shape index (κ3) is 3.13. The number of hydrogen-bond acceptors (Lipinski definition) is 2. The SMILES string of the molecule is O=Cc1ccc(Oc2ccc(Br)cc2Br)c(Cl)c1. The van der Waals surface area contributed by atoms with E-state index >= 15 is 0 Å². The average molecular weight is 390 g/mol. The van der Waals surface area contributed by atoms with E-state index in [0.717, 1.165) is 15.2 Å². The normalized spacial score (nSPS) is 10.2. The van der Waals surface area contributed by atoms with Crippen molar-refractivity contribution in [3.05, 3.63) is 55.9 Å². The molecule has 0 heterocycles. The molecule has 0 spiro atoms. The Labute approximate surface area is 126 Å². The van der Waals surface area contributed by atoms with E-state index in [1.54, 1.807) is 18.2 Å². The largest absolute Gasteiger partial charge is 0.455 e. The quantitative estimate of drug-likeness (QED) is 0.650. The second kappa shape index (κ2) is 5.87. The van der Waals surface area contributed by atoms with Gasteiger partial charge in [-0.3, -0.25) is 4.79 Å². The molecule has 2 aromatic carbocycles. The van der Waals surface area contributed by atoms with Gasteiger partial charge in [-0.15, -0.1) is 0 Å². The molecular formula is C13H7Br2ClO2. The van der Waals surface area contributed by atoms with Crippen molar-refractivity contribution in [2.24, 2.45) is 0 Å². The molecule has 0 radical (unpaired) electrons. The van der Waals surface area contributed by atoms with Gasteiger partial charge in [0, 0.05) is 10.0 Å². The Kier molecular flexibility index (Phi) is 4.43. The van der Waals surface area contributed by atoms with Crippen molar-refractivity contribution in [3.63, 3.8) is 0 Å². The monoisotopic (exact) mass is 388 g/mol. The first-order valence-electron chi connectivity index (χ1n) is 4.98. The minimum atomic E-state index is 0.398. The maximum atomic E-state index is 10.6. The second-order valence-corrected chi connectivity index (χ2v) is 5.66. The summed E-state index contributed by atoms with van der Waals surface area (Å²) >= 11 is 12.8. The minimum Gasteiger partial charge on any atom is -0.455 e. The molecule has 0 saturated heterocycles. The number of carbonyl (C=O) groups excluding carboxylic acids is 1. The van der Waals surface area contributed by atoms with Gasteiger partial charge in [-0.05, 0) is 52.3 Å². The van der Waals surface area contributed by atoms with Gasteiger partial charge in [0.15, 0.2) is 0 Å². The molecule has 0 unspecified atom stereocenters. The third-order valence-electron chi connectivity index (χ3n) is 2.21. The number of aldehydes is 1. The van der Waals surface area contributed by atoms with Gasteiger partial charge >= 0.3 is 0 Å². The summed E-state index contributed by atoms with van der Waals surface area (Å²) in [6.07, 6.45) is 0.741. The summed E-state index contributed by atoms with van der Waals surface area (Å²) in [5.74, 6) is 1.16. The van der Waals surface area contributed by atoms with Crippen LogP contribution in [0.2, 0.25) is 5.02 Å². The molecule has 0 aliphatic carbocycles. The molecular weight excluding hydrogens is 383 g/mol. The number of carbonyl (C=O) groups is 1. The second-order valence-electron chi connectivity index (χ2n) is 3.48. The van der Waals surface area contributed by atoms with Crippen LogP contribution in [-0.2, 0) is 0 Å². The lowest BCUT2D eigenvalue weighted by Crippen LogP contribution is -1.88. The Morgan fingerprint density at radius 2 is 1.78 bits per heavy atom. The zero-order valence-electron chi connectivity index (χ0n) is 8.99. The van der Waals surface area contributed by atoms with Crippen LogP contribution < -0.4 is 4.74 Å². The van der Waals surface area contributed by atoms with Crippen molar-refractivity contribution in [2.45, 2.75) is 0 Å². The lowest BCUT2D eigenvalue weighted by Gasteiger charge is -2.09. The van der Waals surface area contributed by atoms with Gasteiger partial charge in [0.2, 0.25) is 0 Å². The Morgan fingerprint density at radius 3 is 2.39 bits per heavy atom. The van der Waals surface area contributed by atoms with Crippen molar-refractivity contribution >= 4 is 49.7 Å². The first-order valence-corrected chi connectivity index (χ1v) is 6.94. The van der Waals surface area contributed by atoms with Crippen molar-refractivity contribution in [3.8, 4) is 11.5 Å². The molecule has 0 aromatic heterocycles. The molecule has 0 aliphatic rings. The first kappa shape index (κ1) is 13.6. The highest BCUT2D eigenvalue weighted by molar-refractivity contribution is 9.11. The number of halogens is 3. The van der Waals surface area contributed by atoms with Crippen molar-refractivity contribution < 1.29 is 9.53 Å². The molecule has 0 atom stereocenters. The number of benzene rings is 2. The third-order valence-corrected chi connectivity index (χ3v) is 3.61. The van der Waals surface area contributed by atoms with Crippen LogP contribution in [0.4, 0.5) is 0 Å². The van der Waals surface area contributed by atoms with E-state index in [1.165, 1.54) is 0 Å². The molecule has 0 fully saturated rings. The zero-order chi connectivity index (χ0) is 13.1. The van der Waals surface area contributed by atoms with E-state index in [2.05, 4.69) is 31.9 Å². The van der Waals surface area contributed by atoms with Crippen LogP contribution in [0, 0.1) is 0 Å². The lowest BCUT2D eigenvalue weighted by atomic mass is 10.2. The smallest absolute Gasteiger partial charge is 0.150 e. The zero-order valence-corrected chi connectivity index (χ0v) is 12.9. The summed E-state index contributed by atoms with van der Waals surface area (Å²) < 4.78 is 7.44. The maximum Gasteiger partial charge on any atom is 0.150 e. The van der Waals surface area contributed by atoms with Crippen molar-refractivity contribution in [2.75, 3.05) is 0 Å². The Hall–Kier alpha value is -0.840. The van der Waals surface area contributed by atoms with Gasteiger partial charge in [0.1, 0.15) is 17.8 Å². The van der Waals surface area contributed by atoms with E-state index in [1.807, 2.05) is 18.2 Å². The van der Waals surface area contributed by atoms with E-state index in [0.29, 0.717) is 22.1 Å². The van der Waals surface area contributed by atoms with Gasteiger partial charge < -0.3 is 4.74 Å². The fourth-order valence-electron chi connectivity index (χ4n) is 1.35. The predicted molar refractivity (Wildman–Crippen MR) is 78.8 cm³/mol. The Bertz CT molecular complexity index is 600. The molecule has 2 aromatic rings. The van der Waals surface area contributed by atoms with Crippen LogP contribution >= 0.6 is 43.5 Å². The van der Waals surface area contributed by atoms with Gasteiger partial charge in [-0.1, -0.05) is 27.5 Å². The predicted octanol–water partition coefficient (Wildman–Crippen LogP) is 5.47. The molecule has 0 N–H and O–H groups in total. The van der Waals surface area contributed by atoms with Crippen LogP contribution in [0.5, 0.6) is 11.5 Å². The summed E-state index contributed by atoms with van der Waals surface area (Å²) in [6, 6.07) is 10.5. The van der Waals surface area contributed by atoms with Gasteiger partial charge in [0.25, 0.3) is 0 Å². The fourth-order valence-corrected chi connectivity index (χ4v) is 2.71. The Balaban J connectivity index is 2.31. The molecule has 2 nitrogen and oxygen atoms in total. The van der Waals surface area contributed by atoms with E-state index in [4.69, 9.17) is 16.3 Å². The fraction of sp³-hybridized carbons (Fsp3) is 0. The van der Waals surface area contributed by atoms with Crippen molar-refractivity contribution in [1.82, 2.24) is 0 Å². The van der Waals surface area contributed by atoms with E-state index < -0.39 is 0 Å². The van der Waals surface area contributed by atoms with Crippen LogP contribution in [-0.4, -0.2) is 6.29 Å². The van der Waals surface area contributed by atoms with Crippen molar-refractivity contribution in [1.29, 1.82) is 0 Å². The van der Waals surface area contributed by atoms with E-state index in [-0.39, 0.29) is 0 Å². The van der Waals surface area contributed by atoms with Gasteiger partial charge in [-0.25, -0.2) is 0 Å². The molecule has 92 valence electrons. The summed E-state index contributed by atoms with van der Waals surface area (Å²) in [4.78, 5) is 10.6. The topological polar surface area (TPSA) is 26.3 Å². The summed E-state index contributed by atoms with van der Waals surface area (Å²) in [7, 11) is 0. The summed E-state index contributed by atoms with van der Waals surface area (Å²) in [5.41, 5.74) is 0.516. The minimum absolute atomic E-state index is 0.398. The number of rotatable bonds is 3. The molecule has 0 amide bonds. The van der Waals surface area contributed by atoms with Gasteiger partial charge in [-0.2, -0.15) is 0 Å². The molecule has 0 bridgehead atoms. The van der Waals surface area contributed by atoms with Crippen LogP contribution in [0.1, 0.15) is 10.4 Å². The molecule has 0 saturated carbocycles. The van der Waals surface area contributed by atoms with Crippen LogP contribution in [0.25, 0.3) is 0 Å². The lowest BCUT2D eigenvalue weighted by molar-refractivity contribution is 0.112. The standard InChI is InChI=1S/C13H7Br2ClO2/c14-9-2-4-12(10(15)6-9)18-13-3-1-8(7-17)5-11(13)16/h1-7H. The highest BCUT2D eigenvalue weighted by Gasteiger charge is 2.07. The number of ether oxygens (including phenoxy) is 1. The molecule has 5 heteroatoms. The van der Waals surface area contributed by atoms with Crippen LogP contribution in [0.3, 0.4) is 0 Å². The number of hydrogen-bond donors (Lipinski definition) is 0. The first-order chi connectivity index (χ1) is 8.60. The maximum absolute atomic E-state index is 10.6. The molecule has 2 rings (SSSR count). The summed E-state index contributed by atoms with van der Waals surface area (Å²) in [5, 5.41) is 0.398. The molecule has 0 aliphatic heterocycles. The van der Waals surface area contributed by atoms with E-state index in [9.17, 15) is 4.79 Å². The highest BCUT2D eigenvalue weighted by atomic mass is 79.9. The Morgan fingerprint density at radius 1 is 1.06 bits per heavy atom. The highest BCUT2D eigenvalue weighted by Crippen LogP contribution is 2.35. The van der Waals surface area contributed by atoms with Crippen LogP contribution in [0.15, 0.2) is 45.3 Å².